The minimum absolute atomic E-state index is 0.0892. The van der Waals surface area contributed by atoms with Crippen LogP contribution in [0.5, 0.6) is 5.75 Å². The van der Waals surface area contributed by atoms with Gasteiger partial charge >= 0.3 is 0 Å². The van der Waals surface area contributed by atoms with Crippen LogP contribution in [0.1, 0.15) is 29.6 Å². The first-order valence-corrected chi connectivity index (χ1v) is 7.44. The second kappa shape index (κ2) is 6.89. The molecular weight excluding hydrogens is 282 g/mol. The first-order valence-electron chi connectivity index (χ1n) is 6.19. The molecule has 0 amide bonds. The van der Waals surface area contributed by atoms with Crippen LogP contribution in [0.2, 0.25) is 5.02 Å². The van der Waals surface area contributed by atoms with Gasteiger partial charge in [-0.1, -0.05) is 30.7 Å². The predicted molar refractivity (Wildman–Crippen MR) is 77.8 cm³/mol. The minimum atomic E-state index is -0.0892. The van der Waals surface area contributed by atoms with Crippen molar-refractivity contribution in [3.05, 3.63) is 44.9 Å². The SMILES string of the molecule is CCCc1nc(COc2c(Cl)cccc2CO)cs1. The van der Waals surface area contributed by atoms with Gasteiger partial charge in [0, 0.05) is 10.9 Å². The number of hydrogen-bond donors (Lipinski definition) is 1. The summed E-state index contributed by atoms with van der Waals surface area (Å²) in [6, 6.07) is 5.34. The van der Waals surface area contributed by atoms with Crippen LogP contribution in [-0.4, -0.2) is 10.1 Å². The van der Waals surface area contributed by atoms with Gasteiger partial charge in [-0.05, 0) is 18.9 Å². The van der Waals surface area contributed by atoms with E-state index in [9.17, 15) is 5.11 Å². The average molecular weight is 298 g/mol. The van der Waals surface area contributed by atoms with Crippen molar-refractivity contribution in [3.63, 3.8) is 0 Å². The van der Waals surface area contributed by atoms with Crippen LogP contribution in [0.25, 0.3) is 0 Å². The molecule has 0 spiro atoms. The Kier molecular flexibility index (Phi) is 5.19. The molecule has 2 aromatic rings. The monoisotopic (exact) mass is 297 g/mol. The van der Waals surface area contributed by atoms with Crippen LogP contribution in [0.3, 0.4) is 0 Å². The summed E-state index contributed by atoms with van der Waals surface area (Å²) in [5.74, 6) is 0.539. The standard InChI is InChI=1S/C14H16ClNO2S/c1-2-4-13-16-11(9-19-13)8-18-14-10(7-17)5-3-6-12(14)15/h3,5-6,9,17H,2,4,7-8H2,1H3. The molecule has 1 aromatic heterocycles. The normalized spacial score (nSPS) is 10.7. The van der Waals surface area contributed by atoms with E-state index >= 15 is 0 Å². The number of aromatic nitrogens is 1. The Morgan fingerprint density at radius 1 is 1.42 bits per heavy atom. The van der Waals surface area contributed by atoms with E-state index < -0.39 is 0 Å². The van der Waals surface area contributed by atoms with E-state index in [2.05, 4.69) is 11.9 Å². The summed E-state index contributed by atoms with van der Waals surface area (Å²) in [7, 11) is 0. The molecule has 0 aliphatic carbocycles. The zero-order valence-corrected chi connectivity index (χ0v) is 12.3. The molecule has 0 radical (unpaired) electrons. The van der Waals surface area contributed by atoms with E-state index in [-0.39, 0.29) is 6.61 Å². The fourth-order valence-corrected chi connectivity index (χ4v) is 2.86. The third-order valence-electron chi connectivity index (χ3n) is 2.65. The number of thiazole rings is 1. The number of ether oxygens (including phenoxy) is 1. The Morgan fingerprint density at radius 2 is 2.26 bits per heavy atom. The lowest BCUT2D eigenvalue weighted by Gasteiger charge is -2.10. The number of rotatable bonds is 6. The molecular formula is C14H16ClNO2S. The molecule has 0 saturated heterocycles. The van der Waals surface area contributed by atoms with Crippen molar-refractivity contribution >= 4 is 22.9 Å². The molecule has 0 unspecified atom stereocenters. The molecule has 5 heteroatoms. The number of benzene rings is 1. The lowest BCUT2D eigenvalue weighted by Crippen LogP contribution is -2.00. The predicted octanol–water partition coefficient (Wildman–Crippen LogP) is 3.82. The first-order chi connectivity index (χ1) is 9.24. The van der Waals surface area contributed by atoms with Gasteiger partial charge in [0.25, 0.3) is 0 Å². The number of para-hydroxylation sites is 1. The van der Waals surface area contributed by atoms with Crippen molar-refractivity contribution in [1.82, 2.24) is 4.98 Å². The van der Waals surface area contributed by atoms with Crippen LogP contribution in [0.4, 0.5) is 0 Å². The fourth-order valence-electron chi connectivity index (χ4n) is 1.73. The Labute approximate surface area is 121 Å². The van der Waals surface area contributed by atoms with Crippen molar-refractivity contribution in [1.29, 1.82) is 0 Å². The molecule has 3 nitrogen and oxygen atoms in total. The van der Waals surface area contributed by atoms with Crippen molar-refractivity contribution < 1.29 is 9.84 Å². The fraction of sp³-hybridized carbons (Fsp3) is 0.357. The van der Waals surface area contributed by atoms with E-state index in [1.54, 1.807) is 29.5 Å². The molecule has 0 aliphatic rings. The summed E-state index contributed by atoms with van der Waals surface area (Å²) in [6.07, 6.45) is 2.09. The van der Waals surface area contributed by atoms with Gasteiger partial charge in [-0.3, -0.25) is 0 Å². The number of aliphatic hydroxyl groups is 1. The van der Waals surface area contributed by atoms with E-state index in [0.717, 1.165) is 23.5 Å². The quantitative estimate of drug-likeness (QED) is 0.881. The number of hydrogen-bond acceptors (Lipinski definition) is 4. The van der Waals surface area contributed by atoms with E-state index in [4.69, 9.17) is 16.3 Å². The maximum Gasteiger partial charge on any atom is 0.143 e. The maximum atomic E-state index is 9.26. The Balaban J connectivity index is 2.05. The summed E-state index contributed by atoms with van der Waals surface area (Å²) in [4.78, 5) is 4.49. The van der Waals surface area contributed by atoms with Gasteiger partial charge in [-0.15, -0.1) is 11.3 Å². The molecule has 1 N–H and O–H groups in total. The highest BCUT2D eigenvalue weighted by Crippen LogP contribution is 2.29. The van der Waals surface area contributed by atoms with Crippen molar-refractivity contribution in [2.75, 3.05) is 0 Å². The number of halogens is 1. The van der Waals surface area contributed by atoms with Gasteiger partial charge in [0.15, 0.2) is 0 Å². The third kappa shape index (κ3) is 3.69. The molecule has 19 heavy (non-hydrogen) atoms. The van der Waals surface area contributed by atoms with Gasteiger partial charge in [0.1, 0.15) is 12.4 Å². The van der Waals surface area contributed by atoms with Crippen LogP contribution >= 0.6 is 22.9 Å². The van der Waals surface area contributed by atoms with Crippen molar-refractivity contribution in [2.24, 2.45) is 0 Å². The summed E-state index contributed by atoms with van der Waals surface area (Å²) in [5.41, 5.74) is 1.59. The molecule has 2 rings (SSSR count). The molecule has 0 atom stereocenters. The molecule has 0 saturated carbocycles. The molecule has 0 fully saturated rings. The van der Waals surface area contributed by atoms with Gasteiger partial charge in [0.05, 0.1) is 22.3 Å². The Bertz CT molecular complexity index is 542. The topological polar surface area (TPSA) is 42.4 Å². The zero-order valence-electron chi connectivity index (χ0n) is 10.7. The first kappa shape index (κ1) is 14.3. The van der Waals surface area contributed by atoms with Crippen LogP contribution in [0.15, 0.2) is 23.6 Å². The summed E-state index contributed by atoms with van der Waals surface area (Å²) in [5, 5.41) is 12.9. The molecule has 0 aliphatic heterocycles. The molecule has 1 heterocycles. The largest absolute Gasteiger partial charge is 0.485 e. The Morgan fingerprint density at radius 3 is 3.00 bits per heavy atom. The van der Waals surface area contributed by atoms with Crippen molar-refractivity contribution in [2.45, 2.75) is 33.0 Å². The number of aryl methyl sites for hydroxylation is 1. The van der Waals surface area contributed by atoms with E-state index in [0.29, 0.717) is 22.9 Å². The highest BCUT2D eigenvalue weighted by Gasteiger charge is 2.09. The number of aliphatic hydroxyl groups excluding tert-OH is 1. The average Bonchev–Trinajstić information content (AvgIpc) is 2.85. The highest BCUT2D eigenvalue weighted by molar-refractivity contribution is 7.09. The van der Waals surface area contributed by atoms with Gasteiger partial charge in [-0.25, -0.2) is 4.98 Å². The van der Waals surface area contributed by atoms with Crippen LogP contribution < -0.4 is 4.74 Å². The zero-order chi connectivity index (χ0) is 13.7. The van der Waals surface area contributed by atoms with Crippen molar-refractivity contribution in [3.8, 4) is 5.75 Å². The number of nitrogens with zero attached hydrogens (tertiary/aromatic N) is 1. The van der Waals surface area contributed by atoms with E-state index in [1.807, 2.05) is 5.38 Å². The summed E-state index contributed by atoms with van der Waals surface area (Å²) < 4.78 is 5.69. The molecule has 0 bridgehead atoms. The lowest BCUT2D eigenvalue weighted by atomic mass is 10.2. The third-order valence-corrected chi connectivity index (χ3v) is 3.90. The maximum absolute atomic E-state index is 9.26. The second-order valence-corrected chi connectivity index (χ2v) is 5.51. The Hall–Kier alpha value is -1.10. The van der Waals surface area contributed by atoms with E-state index in [1.165, 1.54) is 0 Å². The molecule has 102 valence electrons. The van der Waals surface area contributed by atoms with Gasteiger partial charge < -0.3 is 9.84 Å². The highest BCUT2D eigenvalue weighted by atomic mass is 35.5. The summed E-state index contributed by atoms with van der Waals surface area (Å²) in [6.45, 7) is 2.42. The lowest BCUT2D eigenvalue weighted by molar-refractivity contribution is 0.258. The van der Waals surface area contributed by atoms with Crippen LogP contribution in [-0.2, 0) is 19.6 Å². The van der Waals surface area contributed by atoms with Gasteiger partial charge in [-0.2, -0.15) is 0 Å². The van der Waals surface area contributed by atoms with Gasteiger partial charge in [0.2, 0.25) is 0 Å². The van der Waals surface area contributed by atoms with Crippen LogP contribution in [0, 0.1) is 0 Å². The molecule has 1 aromatic carbocycles. The second-order valence-electron chi connectivity index (χ2n) is 4.16. The smallest absolute Gasteiger partial charge is 0.143 e. The minimum Gasteiger partial charge on any atom is -0.485 e. The summed E-state index contributed by atoms with van der Waals surface area (Å²) >= 11 is 7.73.